The van der Waals surface area contributed by atoms with E-state index in [0.717, 1.165) is 17.7 Å². The number of hydrogen-bond acceptors (Lipinski definition) is 4. The number of hydrogen-bond donors (Lipinski definition) is 2. The molecule has 0 fully saturated rings. The summed E-state index contributed by atoms with van der Waals surface area (Å²) in [7, 11) is 0. The second-order valence-electron chi connectivity index (χ2n) is 3.68. The van der Waals surface area contributed by atoms with Crippen molar-refractivity contribution in [2.45, 2.75) is 6.92 Å². The van der Waals surface area contributed by atoms with E-state index in [1.165, 1.54) is 0 Å². The topological polar surface area (TPSA) is 84.9 Å². The molecule has 18 heavy (non-hydrogen) atoms. The van der Waals surface area contributed by atoms with Crippen LogP contribution in [0.2, 0.25) is 0 Å². The fourth-order valence-corrected chi connectivity index (χ4v) is 1.50. The summed E-state index contributed by atoms with van der Waals surface area (Å²) in [6, 6.07) is 3.39. The zero-order valence-electron chi connectivity index (χ0n) is 9.60. The first-order valence-electron chi connectivity index (χ1n) is 5.18. The molecule has 94 valence electrons. The Morgan fingerprint density at radius 1 is 1.28 bits per heavy atom. The standard InChI is InChI=1S/C12H11NO5/c1-7-4-9-10(18-6-17-9)5-8(7)13-11(14)2-3-12(15)16/h2-5H,6H2,1H3,(H,13,14)(H,15,16)/b3-2+. The van der Waals surface area contributed by atoms with Gasteiger partial charge < -0.3 is 19.9 Å². The predicted molar refractivity (Wildman–Crippen MR) is 62.7 cm³/mol. The number of aliphatic carboxylic acids is 1. The molecule has 6 nitrogen and oxygen atoms in total. The molecule has 0 saturated heterocycles. The minimum Gasteiger partial charge on any atom is -0.478 e. The summed E-state index contributed by atoms with van der Waals surface area (Å²) in [4.78, 5) is 21.7. The number of benzene rings is 1. The maximum absolute atomic E-state index is 11.4. The molecule has 1 aliphatic heterocycles. The van der Waals surface area contributed by atoms with Crippen molar-refractivity contribution in [2.75, 3.05) is 12.1 Å². The lowest BCUT2D eigenvalue weighted by atomic mass is 10.1. The third-order valence-corrected chi connectivity index (χ3v) is 2.35. The van der Waals surface area contributed by atoms with Crippen LogP contribution in [0.1, 0.15) is 5.56 Å². The van der Waals surface area contributed by atoms with Crippen LogP contribution in [0.3, 0.4) is 0 Å². The van der Waals surface area contributed by atoms with Crippen molar-refractivity contribution in [1.29, 1.82) is 0 Å². The quantitative estimate of drug-likeness (QED) is 0.789. The lowest BCUT2D eigenvalue weighted by molar-refractivity contribution is -0.131. The van der Waals surface area contributed by atoms with Crippen LogP contribution in [0.5, 0.6) is 11.5 Å². The van der Waals surface area contributed by atoms with Gasteiger partial charge in [0.05, 0.1) is 0 Å². The van der Waals surface area contributed by atoms with E-state index in [2.05, 4.69) is 5.32 Å². The van der Waals surface area contributed by atoms with Crippen molar-refractivity contribution in [1.82, 2.24) is 0 Å². The van der Waals surface area contributed by atoms with E-state index in [0.29, 0.717) is 17.2 Å². The fourth-order valence-electron chi connectivity index (χ4n) is 1.50. The number of carboxylic acid groups (broad SMARTS) is 1. The van der Waals surface area contributed by atoms with Gasteiger partial charge in [0.2, 0.25) is 12.7 Å². The number of aryl methyl sites for hydroxylation is 1. The Morgan fingerprint density at radius 3 is 2.61 bits per heavy atom. The summed E-state index contributed by atoms with van der Waals surface area (Å²) >= 11 is 0. The monoisotopic (exact) mass is 249 g/mol. The number of nitrogens with one attached hydrogen (secondary N) is 1. The van der Waals surface area contributed by atoms with Crippen molar-refractivity contribution in [3.63, 3.8) is 0 Å². The molecule has 1 amide bonds. The number of ether oxygens (including phenoxy) is 2. The van der Waals surface area contributed by atoms with Gasteiger partial charge in [-0.3, -0.25) is 4.79 Å². The number of carboxylic acids is 1. The van der Waals surface area contributed by atoms with Gasteiger partial charge in [-0.15, -0.1) is 0 Å². The zero-order chi connectivity index (χ0) is 13.1. The Bertz CT molecular complexity index is 536. The van der Waals surface area contributed by atoms with Crippen LogP contribution in [-0.4, -0.2) is 23.8 Å². The van der Waals surface area contributed by atoms with E-state index < -0.39 is 11.9 Å². The third kappa shape index (κ3) is 2.60. The summed E-state index contributed by atoms with van der Waals surface area (Å²) < 4.78 is 10.4. The first-order valence-corrected chi connectivity index (χ1v) is 5.18. The van der Waals surface area contributed by atoms with Crippen LogP contribution in [0.4, 0.5) is 5.69 Å². The molecule has 1 aliphatic rings. The summed E-state index contributed by atoms with van der Waals surface area (Å²) in [5.41, 5.74) is 1.36. The first-order chi connectivity index (χ1) is 8.56. The van der Waals surface area contributed by atoms with Crippen molar-refractivity contribution in [2.24, 2.45) is 0 Å². The van der Waals surface area contributed by atoms with Crippen molar-refractivity contribution < 1.29 is 24.2 Å². The van der Waals surface area contributed by atoms with Gasteiger partial charge in [0.15, 0.2) is 11.5 Å². The predicted octanol–water partition coefficient (Wildman–Crippen LogP) is 1.30. The van der Waals surface area contributed by atoms with Gasteiger partial charge in [0.1, 0.15) is 0 Å². The Hall–Kier alpha value is -2.50. The molecule has 0 spiro atoms. The maximum Gasteiger partial charge on any atom is 0.328 e. The lowest BCUT2D eigenvalue weighted by Gasteiger charge is -2.07. The highest BCUT2D eigenvalue weighted by Gasteiger charge is 2.16. The van der Waals surface area contributed by atoms with Gasteiger partial charge in [-0.05, 0) is 18.6 Å². The molecule has 0 atom stereocenters. The van der Waals surface area contributed by atoms with E-state index in [1.807, 2.05) is 0 Å². The fraction of sp³-hybridized carbons (Fsp3) is 0.167. The second kappa shape index (κ2) is 4.79. The SMILES string of the molecule is Cc1cc2c(cc1NC(=O)/C=C/C(=O)O)OCO2. The van der Waals surface area contributed by atoms with Gasteiger partial charge in [-0.2, -0.15) is 0 Å². The zero-order valence-corrected chi connectivity index (χ0v) is 9.60. The average molecular weight is 249 g/mol. The molecule has 2 rings (SSSR count). The molecule has 0 aromatic heterocycles. The Balaban J connectivity index is 2.15. The van der Waals surface area contributed by atoms with Crippen LogP contribution in [0.25, 0.3) is 0 Å². The van der Waals surface area contributed by atoms with E-state index in [-0.39, 0.29) is 6.79 Å². The maximum atomic E-state index is 11.4. The molecule has 0 aliphatic carbocycles. The summed E-state index contributed by atoms with van der Waals surface area (Å²) in [5.74, 6) is -0.503. The Labute approximate surface area is 103 Å². The van der Waals surface area contributed by atoms with E-state index in [1.54, 1.807) is 19.1 Å². The highest BCUT2D eigenvalue weighted by atomic mass is 16.7. The van der Waals surface area contributed by atoms with Crippen LogP contribution in [0.15, 0.2) is 24.3 Å². The number of carbonyl (C=O) groups excluding carboxylic acids is 1. The van der Waals surface area contributed by atoms with Crippen LogP contribution < -0.4 is 14.8 Å². The average Bonchev–Trinajstić information content (AvgIpc) is 2.74. The van der Waals surface area contributed by atoms with Gasteiger partial charge in [0.25, 0.3) is 0 Å². The van der Waals surface area contributed by atoms with Crippen LogP contribution in [-0.2, 0) is 9.59 Å². The van der Waals surface area contributed by atoms with Gasteiger partial charge in [-0.1, -0.05) is 0 Å². The lowest BCUT2D eigenvalue weighted by Crippen LogP contribution is -2.09. The molecule has 1 heterocycles. The highest BCUT2D eigenvalue weighted by molar-refractivity contribution is 6.02. The van der Waals surface area contributed by atoms with Gasteiger partial charge >= 0.3 is 5.97 Å². The van der Waals surface area contributed by atoms with Gasteiger partial charge in [0, 0.05) is 23.9 Å². The number of amides is 1. The molecular formula is C12H11NO5. The van der Waals surface area contributed by atoms with Crippen LogP contribution >= 0.6 is 0 Å². The molecule has 0 radical (unpaired) electrons. The minimum atomic E-state index is -1.17. The van der Waals surface area contributed by atoms with Crippen molar-refractivity contribution in [3.8, 4) is 11.5 Å². The minimum absolute atomic E-state index is 0.158. The van der Waals surface area contributed by atoms with Crippen molar-refractivity contribution >= 4 is 17.6 Å². The molecule has 2 N–H and O–H groups in total. The number of fused-ring (bicyclic) bond motifs is 1. The molecule has 1 aromatic carbocycles. The van der Waals surface area contributed by atoms with Gasteiger partial charge in [-0.25, -0.2) is 4.79 Å². The summed E-state index contributed by atoms with van der Waals surface area (Å²) in [5, 5.41) is 11.0. The highest BCUT2D eigenvalue weighted by Crippen LogP contribution is 2.36. The second-order valence-corrected chi connectivity index (χ2v) is 3.68. The molecule has 0 saturated carbocycles. The molecule has 6 heteroatoms. The number of carbonyl (C=O) groups is 2. The van der Waals surface area contributed by atoms with E-state index in [4.69, 9.17) is 14.6 Å². The Kier molecular flexibility index (Phi) is 3.18. The number of rotatable bonds is 3. The molecular weight excluding hydrogens is 238 g/mol. The molecule has 1 aromatic rings. The normalized spacial score (nSPS) is 12.7. The third-order valence-electron chi connectivity index (χ3n) is 2.35. The van der Waals surface area contributed by atoms with E-state index in [9.17, 15) is 9.59 Å². The van der Waals surface area contributed by atoms with Crippen LogP contribution in [0, 0.1) is 6.92 Å². The summed E-state index contributed by atoms with van der Waals surface area (Å²) in [6.45, 7) is 1.96. The Morgan fingerprint density at radius 2 is 1.94 bits per heavy atom. The van der Waals surface area contributed by atoms with E-state index >= 15 is 0 Å². The largest absolute Gasteiger partial charge is 0.478 e. The smallest absolute Gasteiger partial charge is 0.328 e. The summed E-state index contributed by atoms with van der Waals surface area (Å²) in [6.07, 6.45) is 1.73. The first kappa shape index (κ1) is 12.0. The molecule has 0 unspecified atom stereocenters. The number of anilines is 1. The van der Waals surface area contributed by atoms with Crippen molar-refractivity contribution in [3.05, 3.63) is 29.8 Å². The molecule has 0 bridgehead atoms.